The quantitative estimate of drug-likeness (QED) is 0.811. The highest BCUT2D eigenvalue weighted by molar-refractivity contribution is 7.90. The number of nitrogens with two attached hydrogens (primary N) is 1. The van der Waals surface area contributed by atoms with Gasteiger partial charge in [0.05, 0.1) is 16.5 Å². The summed E-state index contributed by atoms with van der Waals surface area (Å²) in [5, 5.41) is 0.447. The molecule has 0 atom stereocenters. The van der Waals surface area contributed by atoms with Crippen LogP contribution in [0.5, 0.6) is 0 Å². The van der Waals surface area contributed by atoms with Gasteiger partial charge in [-0.2, -0.15) is 0 Å². The first-order valence-electron chi connectivity index (χ1n) is 4.19. The van der Waals surface area contributed by atoms with Crippen molar-refractivity contribution in [3.05, 3.63) is 28.8 Å². The molecule has 1 aromatic carbocycles. The summed E-state index contributed by atoms with van der Waals surface area (Å²) < 4.78 is 22.6. The maximum Gasteiger partial charge on any atom is 0.154 e. The summed E-state index contributed by atoms with van der Waals surface area (Å²) >= 11 is 5.71. The van der Waals surface area contributed by atoms with Gasteiger partial charge in [-0.1, -0.05) is 24.6 Å². The van der Waals surface area contributed by atoms with Gasteiger partial charge in [0.1, 0.15) is 0 Å². The van der Waals surface area contributed by atoms with Gasteiger partial charge in [-0.15, -0.1) is 0 Å². The van der Waals surface area contributed by atoms with E-state index in [-0.39, 0.29) is 11.5 Å². The summed E-state index contributed by atoms with van der Waals surface area (Å²) in [4.78, 5) is 0. The Labute approximate surface area is 88.8 Å². The van der Waals surface area contributed by atoms with Gasteiger partial charge in [0.2, 0.25) is 0 Å². The van der Waals surface area contributed by atoms with Crippen molar-refractivity contribution < 1.29 is 8.42 Å². The average molecular weight is 234 g/mol. The van der Waals surface area contributed by atoms with Gasteiger partial charge in [0.15, 0.2) is 9.84 Å². The van der Waals surface area contributed by atoms with Crippen LogP contribution >= 0.6 is 11.6 Å². The lowest BCUT2D eigenvalue weighted by atomic mass is 10.2. The van der Waals surface area contributed by atoms with Crippen molar-refractivity contribution in [2.24, 2.45) is 0 Å². The molecule has 0 amide bonds. The molecule has 0 fully saturated rings. The molecule has 0 unspecified atom stereocenters. The molecule has 0 aromatic heterocycles. The molecule has 1 aromatic rings. The largest absolute Gasteiger partial charge is 0.398 e. The Kier molecular flexibility index (Phi) is 3.39. The molecule has 14 heavy (non-hydrogen) atoms. The standard InChI is InChI=1S/C9H12ClNO2S/c1-2-14(12,13)6-7-3-4-8(10)9(11)5-7/h3-5H,2,6,11H2,1H3. The third kappa shape index (κ3) is 2.89. The summed E-state index contributed by atoms with van der Waals surface area (Å²) in [5.41, 5.74) is 6.64. The zero-order valence-corrected chi connectivity index (χ0v) is 9.40. The molecular weight excluding hydrogens is 222 g/mol. The first-order valence-corrected chi connectivity index (χ1v) is 6.39. The second kappa shape index (κ2) is 4.19. The number of halogens is 1. The minimum Gasteiger partial charge on any atom is -0.398 e. The minimum atomic E-state index is -3.00. The highest BCUT2D eigenvalue weighted by Crippen LogP contribution is 2.20. The normalized spacial score (nSPS) is 11.6. The van der Waals surface area contributed by atoms with Crippen LogP contribution in [0.15, 0.2) is 18.2 Å². The number of nitrogen functional groups attached to an aromatic ring is 1. The van der Waals surface area contributed by atoms with Crippen molar-refractivity contribution in [3.63, 3.8) is 0 Å². The number of sulfone groups is 1. The SMILES string of the molecule is CCS(=O)(=O)Cc1ccc(Cl)c(N)c1. The van der Waals surface area contributed by atoms with E-state index in [2.05, 4.69) is 0 Å². The molecule has 0 bridgehead atoms. The van der Waals surface area contributed by atoms with E-state index in [1.807, 2.05) is 0 Å². The zero-order chi connectivity index (χ0) is 10.8. The molecule has 0 heterocycles. The molecule has 0 aliphatic carbocycles. The fraction of sp³-hybridized carbons (Fsp3) is 0.333. The van der Waals surface area contributed by atoms with Crippen molar-refractivity contribution >= 4 is 27.1 Å². The second-order valence-corrected chi connectivity index (χ2v) is 5.79. The first-order chi connectivity index (χ1) is 6.44. The van der Waals surface area contributed by atoms with Crippen molar-refractivity contribution in [3.8, 4) is 0 Å². The smallest absolute Gasteiger partial charge is 0.154 e. The maximum absolute atomic E-state index is 11.3. The summed E-state index contributed by atoms with van der Waals surface area (Å²) in [6, 6.07) is 4.87. The van der Waals surface area contributed by atoms with E-state index in [1.54, 1.807) is 25.1 Å². The third-order valence-electron chi connectivity index (χ3n) is 1.89. The van der Waals surface area contributed by atoms with Crippen molar-refractivity contribution in [1.82, 2.24) is 0 Å². The Morgan fingerprint density at radius 2 is 2.07 bits per heavy atom. The van der Waals surface area contributed by atoms with Gasteiger partial charge in [-0.3, -0.25) is 0 Å². The van der Waals surface area contributed by atoms with Crippen LogP contribution in [0, 0.1) is 0 Å². The Bertz CT molecular complexity index is 428. The molecule has 0 saturated heterocycles. The van der Waals surface area contributed by atoms with Gasteiger partial charge in [-0.25, -0.2) is 8.42 Å². The second-order valence-electron chi connectivity index (χ2n) is 3.03. The van der Waals surface area contributed by atoms with Gasteiger partial charge in [0, 0.05) is 5.75 Å². The van der Waals surface area contributed by atoms with Crippen LogP contribution in [0.1, 0.15) is 12.5 Å². The van der Waals surface area contributed by atoms with Crippen LogP contribution in [-0.2, 0) is 15.6 Å². The Morgan fingerprint density at radius 3 is 2.57 bits per heavy atom. The van der Waals surface area contributed by atoms with Gasteiger partial charge < -0.3 is 5.73 Å². The van der Waals surface area contributed by atoms with E-state index in [0.29, 0.717) is 16.3 Å². The summed E-state index contributed by atoms with van der Waals surface area (Å²) in [5.74, 6) is 0.153. The maximum atomic E-state index is 11.3. The Morgan fingerprint density at radius 1 is 1.43 bits per heavy atom. The predicted molar refractivity (Wildman–Crippen MR) is 59.0 cm³/mol. The summed E-state index contributed by atoms with van der Waals surface area (Å²) in [6.45, 7) is 1.62. The van der Waals surface area contributed by atoms with Crippen LogP contribution < -0.4 is 5.73 Å². The fourth-order valence-electron chi connectivity index (χ4n) is 1.04. The Hall–Kier alpha value is -0.740. The van der Waals surface area contributed by atoms with E-state index >= 15 is 0 Å². The van der Waals surface area contributed by atoms with Crippen LogP contribution in [0.2, 0.25) is 5.02 Å². The number of rotatable bonds is 3. The lowest BCUT2D eigenvalue weighted by Gasteiger charge is -2.03. The molecule has 0 spiro atoms. The molecule has 78 valence electrons. The van der Waals surface area contributed by atoms with E-state index in [9.17, 15) is 8.42 Å². The fourth-order valence-corrected chi connectivity index (χ4v) is 2.05. The van der Waals surface area contributed by atoms with Crippen LogP contribution in [0.4, 0.5) is 5.69 Å². The van der Waals surface area contributed by atoms with Crippen LogP contribution in [0.3, 0.4) is 0 Å². The molecule has 0 aliphatic heterocycles. The summed E-state index contributed by atoms with van der Waals surface area (Å²) in [7, 11) is -3.00. The van der Waals surface area contributed by atoms with Crippen molar-refractivity contribution in [2.75, 3.05) is 11.5 Å². The van der Waals surface area contributed by atoms with E-state index in [0.717, 1.165) is 0 Å². The predicted octanol–water partition coefficient (Wildman–Crippen LogP) is 1.86. The topological polar surface area (TPSA) is 60.2 Å². The third-order valence-corrected chi connectivity index (χ3v) is 3.88. The monoisotopic (exact) mass is 233 g/mol. The van der Waals surface area contributed by atoms with Crippen molar-refractivity contribution in [1.29, 1.82) is 0 Å². The van der Waals surface area contributed by atoms with Gasteiger partial charge in [-0.05, 0) is 17.7 Å². The molecule has 2 N–H and O–H groups in total. The molecule has 5 heteroatoms. The van der Waals surface area contributed by atoms with Gasteiger partial charge >= 0.3 is 0 Å². The lowest BCUT2D eigenvalue weighted by Crippen LogP contribution is -2.06. The zero-order valence-electron chi connectivity index (χ0n) is 7.83. The van der Waals surface area contributed by atoms with E-state index in [4.69, 9.17) is 17.3 Å². The number of hydrogen-bond donors (Lipinski definition) is 1. The molecule has 0 aliphatic rings. The highest BCUT2D eigenvalue weighted by atomic mass is 35.5. The highest BCUT2D eigenvalue weighted by Gasteiger charge is 2.09. The summed E-state index contributed by atoms with van der Waals surface area (Å²) in [6.07, 6.45) is 0. The molecular formula is C9H12ClNO2S. The number of hydrogen-bond acceptors (Lipinski definition) is 3. The first kappa shape index (κ1) is 11.3. The molecule has 1 rings (SSSR count). The Balaban J connectivity index is 2.94. The lowest BCUT2D eigenvalue weighted by molar-refractivity contribution is 0.596. The molecule has 0 radical (unpaired) electrons. The number of anilines is 1. The molecule has 0 saturated carbocycles. The van der Waals surface area contributed by atoms with E-state index in [1.165, 1.54) is 0 Å². The minimum absolute atomic E-state index is 0.0187. The van der Waals surface area contributed by atoms with Gasteiger partial charge in [0.25, 0.3) is 0 Å². The molecule has 3 nitrogen and oxygen atoms in total. The van der Waals surface area contributed by atoms with Crippen LogP contribution in [-0.4, -0.2) is 14.2 Å². The average Bonchev–Trinajstić information content (AvgIpc) is 2.11. The number of benzene rings is 1. The van der Waals surface area contributed by atoms with Crippen molar-refractivity contribution in [2.45, 2.75) is 12.7 Å². The van der Waals surface area contributed by atoms with E-state index < -0.39 is 9.84 Å². The van der Waals surface area contributed by atoms with Crippen LogP contribution in [0.25, 0.3) is 0 Å².